The molecule has 2 nitrogen and oxygen atoms in total. The molecule has 0 atom stereocenters. The standard InChI is InChI=1S/C3H4Br2N2.BrH/c4-2(6)1-3(5)7;/h1,6H,7H2;1H/b3-1+,6-2?;/i/hD4. The molecule has 48 valence electrons. The molecule has 4 N–H and O–H groups in total. The van der Waals surface area contributed by atoms with Crippen LogP contribution in [0.25, 0.3) is 0 Å². The SMILES string of the molecule is [2H]N([2H])/C(Br)=C/C(Br)=[N+]([2H])[2H].[Br-]. The van der Waals surface area contributed by atoms with Crippen molar-refractivity contribution in [3.8, 4) is 0 Å². The first-order valence-electron chi connectivity index (χ1n) is 3.19. The molecule has 0 aliphatic rings. The lowest BCUT2D eigenvalue weighted by Crippen LogP contribution is -3.00. The minimum atomic E-state index is 0. The van der Waals surface area contributed by atoms with Crippen molar-refractivity contribution in [2.75, 3.05) is 0 Å². The summed E-state index contributed by atoms with van der Waals surface area (Å²) in [7, 11) is 0. The molecule has 0 aromatic heterocycles. The fraction of sp³-hybridized carbons (Fsp3) is 0. The first kappa shape index (κ1) is 4.46. The Morgan fingerprint density at radius 2 is 2.50 bits per heavy atom. The van der Waals surface area contributed by atoms with E-state index in [0.717, 1.165) is 0 Å². The van der Waals surface area contributed by atoms with Crippen LogP contribution in [0.2, 0.25) is 5.65 Å². The maximum absolute atomic E-state index is 6.73. The Kier molecular flexibility index (Phi) is 3.23. The van der Waals surface area contributed by atoms with Crippen LogP contribution in [0.1, 0.15) is 0 Å². The highest BCUT2D eigenvalue weighted by Crippen LogP contribution is 1.94. The first-order valence-corrected chi connectivity index (χ1v) is 2.99. The summed E-state index contributed by atoms with van der Waals surface area (Å²) in [4.78, 5) is 0. The second-order valence-corrected chi connectivity index (χ2v) is 2.41. The van der Waals surface area contributed by atoms with Crippen LogP contribution in [0.3, 0.4) is 0 Å². The molecular formula is C3H5Br3N2. The summed E-state index contributed by atoms with van der Waals surface area (Å²) in [6, 6.07) is 0. The fourth-order valence-corrected chi connectivity index (χ4v) is 0.839. The van der Waals surface area contributed by atoms with Gasteiger partial charge in [0.05, 0.1) is 4.61 Å². The fourth-order valence-electron chi connectivity index (χ4n) is 0.0983. The lowest BCUT2D eigenvalue weighted by Gasteiger charge is -1.76. The monoisotopic (exact) mass is 310 g/mol. The molecule has 0 saturated heterocycles. The molecule has 0 aliphatic carbocycles. The Morgan fingerprint density at radius 1 is 1.88 bits per heavy atom. The average Bonchev–Trinajstić information content (AvgIpc) is 1.87. The number of hydrogen-bond acceptors (Lipinski definition) is 1. The van der Waals surface area contributed by atoms with Crippen LogP contribution in [0.15, 0.2) is 10.7 Å². The lowest BCUT2D eigenvalue weighted by atomic mass is 10.7. The summed E-state index contributed by atoms with van der Waals surface area (Å²) >= 11 is 5.76. The molecule has 0 aliphatic heterocycles. The first-order chi connectivity index (χ1) is 4.95. The van der Waals surface area contributed by atoms with Gasteiger partial charge in [-0.2, -0.15) is 0 Å². The van der Waals surface area contributed by atoms with E-state index in [-0.39, 0.29) is 26.2 Å². The summed E-state index contributed by atoms with van der Waals surface area (Å²) in [6.45, 7) is 0. The molecule has 0 radical (unpaired) electrons. The number of nitrogens with two attached hydrogens (primary N) is 2. The van der Waals surface area contributed by atoms with Crippen molar-refractivity contribution >= 4 is 36.5 Å². The van der Waals surface area contributed by atoms with Gasteiger partial charge in [0, 0.05) is 22.0 Å². The second-order valence-electron chi connectivity index (χ2n) is 0.790. The van der Waals surface area contributed by atoms with Crippen LogP contribution in [0.4, 0.5) is 0 Å². The van der Waals surface area contributed by atoms with Crippen molar-refractivity contribution in [2.45, 2.75) is 0 Å². The third-order valence-corrected chi connectivity index (χ3v) is 0.696. The summed E-state index contributed by atoms with van der Waals surface area (Å²) in [5.41, 5.74) is 0.324. The van der Waals surface area contributed by atoms with Crippen LogP contribution in [-0.2, 0) is 0 Å². The van der Waals surface area contributed by atoms with Crippen molar-refractivity contribution in [3.63, 3.8) is 0 Å². The largest absolute Gasteiger partial charge is 1.00 e. The van der Waals surface area contributed by atoms with E-state index in [1.165, 1.54) is 6.08 Å². The van der Waals surface area contributed by atoms with Gasteiger partial charge in [-0.1, -0.05) is 0 Å². The average molecular weight is 313 g/mol. The molecule has 0 aromatic rings. The van der Waals surface area contributed by atoms with Crippen LogP contribution in [-0.4, -0.2) is 4.62 Å². The maximum atomic E-state index is 6.73. The Labute approximate surface area is 80.9 Å². The quantitative estimate of drug-likeness (QED) is 0.408. The van der Waals surface area contributed by atoms with Gasteiger partial charge in [0.25, 0.3) is 0 Å². The van der Waals surface area contributed by atoms with E-state index < -0.39 is 0 Å². The zero-order chi connectivity index (χ0) is 9.02. The van der Waals surface area contributed by atoms with E-state index in [1.54, 1.807) is 0 Å². The highest BCUT2D eigenvalue weighted by atomic mass is 79.9. The van der Waals surface area contributed by atoms with Gasteiger partial charge in [0.1, 0.15) is 0 Å². The molecule has 0 bridgehead atoms. The van der Waals surface area contributed by atoms with Gasteiger partial charge in [-0.3, -0.25) is 0 Å². The molecule has 0 heterocycles. The zero-order valence-corrected chi connectivity index (χ0v) is 8.36. The van der Waals surface area contributed by atoms with E-state index in [9.17, 15) is 0 Å². The summed E-state index contributed by atoms with van der Waals surface area (Å²) in [5, 5.41) is 0.324. The number of allylic oxidation sites excluding steroid dienone is 1. The number of halogens is 3. The van der Waals surface area contributed by atoms with E-state index in [2.05, 4.69) is 31.9 Å². The van der Waals surface area contributed by atoms with Crippen LogP contribution >= 0.6 is 31.9 Å². The van der Waals surface area contributed by atoms with E-state index in [0.29, 0.717) is 11.1 Å². The Morgan fingerprint density at radius 3 is 2.88 bits per heavy atom. The minimum Gasteiger partial charge on any atom is -1.00 e. The summed E-state index contributed by atoms with van der Waals surface area (Å²) in [5.74, 6) is 0. The van der Waals surface area contributed by atoms with Crippen molar-refractivity contribution in [2.24, 2.45) is 5.72 Å². The predicted molar refractivity (Wildman–Crippen MR) is 37.1 cm³/mol. The molecule has 0 spiro atoms. The van der Waals surface area contributed by atoms with E-state index in [4.69, 9.17) is 5.65 Å². The molecule has 0 unspecified atom stereocenters. The number of hydrogen-bond donors (Lipinski definition) is 2. The van der Waals surface area contributed by atoms with Crippen molar-refractivity contribution < 1.29 is 28.0 Å². The predicted octanol–water partition coefficient (Wildman–Crippen LogP) is -3.26. The van der Waals surface area contributed by atoms with Gasteiger partial charge in [0.2, 0.25) is 4.62 Å². The second kappa shape index (κ2) is 5.78. The Balaban J connectivity index is 0. The minimum absolute atomic E-state index is 0. The van der Waals surface area contributed by atoms with Gasteiger partial charge < -0.3 is 22.7 Å². The van der Waals surface area contributed by atoms with Crippen molar-refractivity contribution in [1.82, 2.24) is 0 Å². The van der Waals surface area contributed by atoms with Crippen LogP contribution in [0.5, 0.6) is 0 Å². The molecule has 0 saturated carbocycles. The van der Waals surface area contributed by atoms with E-state index in [1.807, 2.05) is 0 Å². The third kappa shape index (κ3) is 9.82. The highest BCUT2D eigenvalue weighted by Gasteiger charge is 1.86. The Bertz CT molecular complexity index is 200. The zero-order valence-electron chi connectivity index (χ0n) is 7.61. The Hall–Kier alpha value is 0.650. The summed E-state index contributed by atoms with van der Waals surface area (Å²) in [6.07, 6.45) is 1.25. The van der Waals surface area contributed by atoms with Gasteiger partial charge in [-0.25, -0.2) is 5.40 Å². The third-order valence-electron chi connectivity index (χ3n) is 0.238. The number of rotatable bonds is 2. The van der Waals surface area contributed by atoms with Crippen molar-refractivity contribution in [3.05, 3.63) is 10.7 Å². The summed E-state index contributed by atoms with van der Waals surface area (Å²) < 4.78 is 27.2. The molecule has 5 heteroatoms. The molecule has 0 aromatic carbocycles. The van der Waals surface area contributed by atoms with Crippen LogP contribution < -0.4 is 28.1 Å². The van der Waals surface area contributed by atoms with Gasteiger partial charge >= 0.3 is 2.82 Å². The molecular weight excluding hydrogens is 304 g/mol. The smallest absolute Gasteiger partial charge is 0.444 e. The highest BCUT2D eigenvalue weighted by molar-refractivity contribution is 9.18. The molecule has 8 heavy (non-hydrogen) atoms. The molecule has 0 amide bonds. The van der Waals surface area contributed by atoms with Gasteiger partial charge in [-0.15, -0.1) is 0 Å². The van der Waals surface area contributed by atoms with Gasteiger partial charge in [-0.05, 0) is 15.9 Å². The lowest BCUT2D eigenvalue weighted by molar-refractivity contribution is -0.106. The maximum Gasteiger partial charge on any atom is 0.444 e. The topological polar surface area (TPSA) is 51.6 Å². The molecule has 0 rings (SSSR count). The van der Waals surface area contributed by atoms with Gasteiger partial charge in [0.15, 0.2) is 2.82 Å². The normalized spacial score (nSPS) is 16.0. The van der Waals surface area contributed by atoms with E-state index >= 15 is 0 Å². The molecule has 0 fully saturated rings. The van der Waals surface area contributed by atoms with Crippen molar-refractivity contribution in [1.29, 1.82) is 0 Å². The van der Waals surface area contributed by atoms with Crippen LogP contribution in [0, 0.1) is 0 Å².